The third-order valence-electron chi connectivity index (χ3n) is 14.4. The van der Waals surface area contributed by atoms with Gasteiger partial charge in [0.05, 0.1) is 24.6 Å². The fourth-order valence-corrected chi connectivity index (χ4v) is 12.4. The van der Waals surface area contributed by atoms with Gasteiger partial charge in [-0.2, -0.15) is 15.5 Å². The fraction of sp³-hybridized carbons (Fsp3) is 0.410. The lowest BCUT2D eigenvalue weighted by molar-refractivity contribution is -0.486. The largest absolute Gasteiger partial charge is 0.381 e. The van der Waals surface area contributed by atoms with Crippen molar-refractivity contribution in [3.63, 3.8) is 0 Å². The van der Waals surface area contributed by atoms with E-state index in [4.69, 9.17) is 89.6 Å². The number of hydrazone groups is 4. The number of ether oxygens (including phenoxy) is 2. The fourth-order valence-electron chi connectivity index (χ4n) is 9.11. The number of aromatic nitrogens is 6. The van der Waals surface area contributed by atoms with Crippen molar-refractivity contribution >= 4 is 139 Å². The Morgan fingerprint density at radius 2 is 1.20 bits per heavy atom. The van der Waals surface area contributed by atoms with Crippen LogP contribution in [-0.2, 0) is 48.7 Å². The molecule has 0 aromatic carbocycles. The number of nitriles is 2. The lowest BCUT2D eigenvalue weighted by Crippen LogP contribution is -2.49. The molecule has 6 aromatic rings. The first kappa shape index (κ1) is 94.6. The molecule has 0 amide bonds. The highest BCUT2D eigenvalue weighted by Crippen LogP contribution is 2.23. The van der Waals surface area contributed by atoms with Gasteiger partial charge in [-0.1, -0.05) is 106 Å². The molecule has 0 bridgehead atoms. The Morgan fingerprint density at radius 1 is 0.664 bits per heavy atom. The number of nitro groups is 5. The molecule has 4 aliphatic heterocycles. The molecule has 0 saturated carbocycles. The number of hydrogen-bond acceptors (Lipinski definition) is 27. The first-order valence-electron chi connectivity index (χ1n) is 32.8. The number of hydrogen-bond donors (Lipinski definition) is 6. The Balaban J connectivity index is 0.000000278. The van der Waals surface area contributed by atoms with Crippen LogP contribution in [0.3, 0.4) is 0 Å². The second kappa shape index (κ2) is 52.4. The standard InChI is InChI=1S/C11H15ClN4O2.C10H9ClN4S.C10H11ClN4.C9H10ClN5O2.C8H10ClN5O3S.C7H14N4O3.C6H8ClN5O2S/c1-3-15(11(13-2)8-16(17)18)7-9-4-5-10(12)14-6-9;11-9-2-1-8(5-13-9)6-15-3-4-16-10(15)14-7-12;1-8(14-7-12)15(2)6-9-3-4-10(11)13-5-9;10-8-2-1-7(5-12-8)6-14-4-3-11-9(14)13-15(16)17;1-12-4-17-5-13(8(12)11-14(15)16)3-6-2-10-7(9)18-6;1-8-7(10-11(12)13)9-4-6-2-3-14-5-6;1-8-6(11-12(13)14)10-3-4-2-9-5(7)15-4/h4-6,8,13H,3,7H2,1-2H3;1-2,5H,3-4,6H2;3-5H,6H2,1-2H3;1-2,5H,3-4,6H2,(H,11,13);2H,3-5H2,1H3;6H,2-5H2,1H3,(H2,8,9,10);2H,3H2,1H3,(H2,8,10,11)/b11-8+;;;;11-8+;;. The third kappa shape index (κ3) is 38.8. The number of thiazole rings is 2. The van der Waals surface area contributed by atoms with Crippen LogP contribution < -0.4 is 31.9 Å². The molecule has 4 fully saturated rings. The molecule has 10 heterocycles. The first-order chi connectivity index (χ1) is 54.0. The maximum Gasteiger partial charge on any atom is 0.277 e. The van der Waals surface area contributed by atoms with E-state index in [1.54, 1.807) is 122 Å². The average molecular weight is 1750 g/mol. The van der Waals surface area contributed by atoms with Crippen LogP contribution in [0.5, 0.6) is 0 Å². The number of aliphatic imine (C=N–C) groups is 2. The maximum absolute atomic E-state index is 10.5. The quantitative estimate of drug-likeness (QED) is 0.00943. The van der Waals surface area contributed by atoms with E-state index in [0.717, 1.165) is 75.2 Å². The van der Waals surface area contributed by atoms with Crippen molar-refractivity contribution in [1.29, 1.82) is 10.5 Å². The summed E-state index contributed by atoms with van der Waals surface area (Å²) in [5, 5.41) is 97.4. The van der Waals surface area contributed by atoms with Gasteiger partial charge in [0, 0.05) is 159 Å². The highest BCUT2D eigenvalue weighted by atomic mass is 35.5. The minimum atomic E-state index is -0.779. The number of thioether (sulfide) groups is 1. The number of rotatable bonds is 22. The summed E-state index contributed by atoms with van der Waals surface area (Å²) in [7, 11) is 8.31. The van der Waals surface area contributed by atoms with E-state index in [2.05, 4.69) is 97.1 Å². The van der Waals surface area contributed by atoms with Crippen molar-refractivity contribution < 1.29 is 34.5 Å². The topological polar surface area (TPSA) is 525 Å². The van der Waals surface area contributed by atoms with E-state index in [0.29, 0.717) is 113 Å². The van der Waals surface area contributed by atoms with Gasteiger partial charge in [0.2, 0.25) is 12.4 Å². The zero-order valence-corrected chi connectivity index (χ0v) is 68.3. The molecule has 10 rings (SSSR count). The van der Waals surface area contributed by atoms with E-state index >= 15 is 0 Å². The molecule has 6 N–H and O–H groups in total. The number of guanidine groups is 4. The number of nitrogens with one attached hydrogen (secondary N) is 6. The van der Waals surface area contributed by atoms with Gasteiger partial charge in [-0.25, -0.2) is 70.4 Å². The minimum absolute atomic E-state index is 0.0875. The van der Waals surface area contributed by atoms with Crippen LogP contribution in [0.4, 0.5) is 0 Å². The summed E-state index contributed by atoms with van der Waals surface area (Å²) in [5.74, 6) is 3.33. The van der Waals surface area contributed by atoms with Crippen LogP contribution in [0, 0.1) is 79.4 Å². The molecule has 4 aliphatic rings. The van der Waals surface area contributed by atoms with Crippen molar-refractivity contribution in [3.8, 4) is 12.4 Å². The summed E-state index contributed by atoms with van der Waals surface area (Å²) < 4.78 is 11.3. The predicted octanol–water partition coefficient (Wildman–Crippen LogP) is 7.78. The monoisotopic (exact) mass is 1740 g/mol. The average Bonchev–Trinajstić information content (AvgIpc) is 1.75. The molecule has 0 aliphatic carbocycles. The van der Waals surface area contributed by atoms with Crippen LogP contribution in [-0.4, -0.2) is 220 Å². The molecule has 0 spiro atoms. The van der Waals surface area contributed by atoms with Gasteiger partial charge in [-0.05, 0) is 66.8 Å². The molecule has 43 nitrogen and oxygen atoms in total. The molecule has 4 saturated heterocycles. The highest BCUT2D eigenvalue weighted by molar-refractivity contribution is 8.14. The van der Waals surface area contributed by atoms with Gasteiger partial charge in [0.25, 0.3) is 30.0 Å². The zero-order chi connectivity index (χ0) is 83.2. The Bertz CT molecular complexity index is 4310. The van der Waals surface area contributed by atoms with E-state index in [-0.39, 0.29) is 37.3 Å². The van der Waals surface area contributed by atoms with Crippen molar-refractivity contribution in [2.45, 2.75) is 59.5 Å². The van der Waals surface area contributed by atoms with Crippen molar-refractivity contribution in [2.75, 3.05) is 100 Å². The SMILES string of the molecule is CC(=NC#N)N(C)Cc1ccc(Cl)nc1.CCN(Cc1ccc(Cl)nc1)/C(=C/[N+](=O)[O-])NC.CN/C(=N\[N+](=O)[O-])NCC1CCOC1.CN/C(=N\[N+](=O)[O-])NCc1cnc(Cl)s1.CN1COCN(Cc2cnc(Cl)s2)/C1=N/[N+](=O)[O-].N#CN=C1SCCN1Cc1ccc(Cl)nc1.O=[N+]([O-])/N=C1\NCCN1Cc1ccc(Cl)nc1. The number of amidine groups is 2. The van der Waals surface area contributed by atoms with Gasteiger partial charge in [-0.15, -0.1) is 27.7 Å². The van der Waals surface area contributed by atoms with Crippen LogP contribution >= 0.6 is 104 Å². The highest BCUT2D eigenvalue weighted by Gasteiger charge is 2.27. The first-order valence-corrected chi connectivity index (χ1v) is 37.7. The predicted molar refractivity (Wildman–Crippen MR) is 430 cm³/mol. The Kier molecular flexibility index (Phi) is 43.9. The summed E-state index contributed by atoms with van der Waals surface area (Å²) in [6.07, 6.45) is 15.5. The molecule has 6 aromatic heterocycles. The van der Waals surface area contributed by atoms with E-state index < -0.39 is 25.1 Å². The summed E-state index contributed by atoms with van der Waals surface area (Å²) in [6.45, 7) is 12.5. The lowest BCUT2D eigenvalue weighted by Gasteiger charge is -2.34. The van der Waals surface area contributed by atoms with E-state index in [1.165, 1.54) is 29.7 Å². The maximum atomic E-state index is 10.5. The van der Waals surface area contributed by atoms with E-state index in [9.17, 15) is 50.6 Å². The molecule has 1 atom stereocenters. The number of halogens is 6. The molecule has 113 heavy (non-hydrogen) atoms. The Morgan fingerprint density at radius 3 is 1.66 bits per heavy atom. The molecule has 1 unspecified atom stereocenters. The van der Waals surface area contributed by atoms with Gasteiger partial charge in [0.15, 0.2) is 40.1 Å². The summed E-state index contributed by atoms with van der Waals surface area (Å²) in [5.41, 5.74) is 3.95. The normalized spacial score (nSPS) is 15.5. The Hall–Kier alpha value is -10.8. The van der Waals surface area contributed by atoms with Crippen LogP contribution in [0.25, 0.3) is 0 Å². The van der Waals surface area contributed by atoms with Crippen molar-refractivity contribution in [1.82, 2.24) is 91.2 Å². The number of pyridine rings is 4. The zero-order valence-electron chi connectivity index (χ0n) is 61.3. The summed E-state index contributed by atoms with van der Waals surface area (Å²) >= 11 is 38.3. The van der Waals surface area contributed by atoms with Crippen molar-refractivity contribution in [3.05, 3.63) is 210 Å². The summed E-state index contributed by atoms with van der Waals surface area (Å²) in [4.78, 5) is 94.7. The minimum Gasteiger partial charge on any atom is -0.381 e. The van der Waals surface area contributed by atoms with Gasteiger partial charge in [-0.3, -0.25) is 10.1 Å². The van der Waals surface area contributed by atoms with Crippen molar-refractivity contribution in [2.24, 2.45) is 36.3 Å². The Labute approximate surface area is 689 Å². The second-order valence-corrected chi connectivity index (χ2v) is 28.4. The van der Waals surface area contributed by atoms with Crippen LogP contribution in [0.15, 0.2) is 128 Å². The number of nitrogens with zero attached hydrogens (tertiary/aromatic N) is 25. The molecule has 608 valence electrons. The summed E-state index contributed by atoms with van der Waals surface area (Å²) in [6, 6.07) is 14.4. The third-order valence-corrected chi connectivity index (χ3v) is 18.5. The lowest BCUT2D eigenvalue weighted by atomic mass is 10.1. The van der Waals surface area contributed by atoms with Crippen LogP contribution in [0.1, 0.15) is 52.3 Å². The van der Waals surface area contributed by atoms with Gasteiger partial charge in [0.1, 0.15) is 60.3 Å². The smallest absolute Gasteiger partial charge is 0.277 e. The second-order valence-electron chi connectivity index (χ2n) is 22.4. The molecule has 52 heteroatoms. The van der Waals surface area contributed by atoms with Gasteiger partial charge >= 0.3 is 0 Å². The van der Waals surface area contributed by atoms with E-state index in [1.807, 2.05) is 54.2 Å². The molecule has 0 radical (unpaired) electrons. The van der Waals surface area contributed by atoms with Gasteiger partial charge < -0.3 is 70.8 Å². The molecular formula is C61H77Cl6N31O12S3. The molecular weight excluding hydrogens is 1670 g/mol. The van der Waals surface area contributed by atoms with Crippen LogP contribution in [0.2, 0.25) is 29.5 Å².